The van der Waals surface area contributed by atoms with E-state index in [-0.39, 0.29) is 6.61 Å². The van der Waals surface area contributed by atoms with Crippen molar-refractivity contribution >= 4 is 5.97 Å². The highest BCUT2D eigenvalue weighted by molar-refractivity contribution is 5.70. The first-order chi connectivity index (χ1) is 13.8. The van der Waals surface area contributed by atoms with Crippen LogP contribution in [0.25, 0.3) is 0 Å². The lowest BCUT2D eigenvalue weighted by atomic mass is 10.6. The van der Waals surface area contributed by atoms with Crippen LogP contribution in [0.2, 0.25) is 0 Å². The topological polar surface area (TPSA) is 103 Å². The molecule has 0 aliphatic carbocycles. The third kappa shape index (κ3) is 23.2. The van der Waals surface area contributed by atoms with Gasteiger partial charge in [-0.2, -0.15) is 0 Å². The Morgan fingerprint density at radius 3 is 1.21 bits per heavy atom. The van der Waals surface area contributed by atoms with Gasteiger partial charge >= 0.3 is 5.97 Å². The molecule has 10 nitrogen and oxygen atoms in total. The van der Waals surface area contributed by atoms with Gasteiger partial charge in [0.15, 0.2) is 0 Å². The van der Waals surface area contributed by atoms with Crippen LogP contribution in [0.3, 0.4) is 0 Å². The molecule has 0 aliphatic heterocycles. The second-order valence-corrected chi connectivity index (χ2v) is 5.41. The van der Waals surface area contributed by atoms with E-state index in [4.69, 9.17) is 33.2 Å². The average Bonchev–Trinajstić information content (AvgIpc) is 2.71. The minimum absolute atomic E-state index is 0.0589. The fourth-order valence-electron chi connectivity index (χ4n) is 1.71. The van der Waals surface area contributed by atoms with Crippen molar-refractivity contribution in [3.63, 3.8) is 0 Å². The Hall–Kier alpha value is -0.850. The fourth-order valence-corrected chi connectivity index (χ4v) is 1.71. The van der Waals surface area contributed by atoms with E-state index in [0.717, 1.165) is 6.54 Å². The number of hydrogen-bond acceptors (Lipinski definition) is 10. The van der Waals surface area contributed by atoms with Crippen molar-refractivity contribution in [2.45, 2.75) is 0 Å². The normalized spacial score (nSPS) is 11.1. The van der Waals surface area contributed by atoms with Gasteiger partial charge in [0.1, 0.15) is 6.61 Å². The zero-order chi connectivity index (χ0) is 20.5. The van der Waals surface area contributed by atoms with Crippen molar-refractivity contribution < 1.29 is 42.7 Å². The van der Waals surface area contributed by atoms with E-state index < -0.39 is 5.97 Å². The number of carbonyl (C=O) groups excluding carboxylic acids is 1. The van der Waals surface area contributed by atoms with E-state index in [0.29, 0.717) is 85.9 Å². The van der Waals surface area contributed by atoms with Gasteiger partial charge < -0.3 is 43.2 Å². The lowest BCUT2D eigenvalue weighted by Gasteiger charge is -2.08. The van der Waals surface area contributed by atoms with E-state index in [1.807, 2.05) is 7.05 Å². The van der Waals surface area contributed by atoms with Crippen LogP contribution in [-0.2, 0) is 42.7 Å². The molecular weight excluding hydrogens is 374 g/mol. The van der Waals surface area contributed by atoms with Crippen molar-refractivity contribution in [2.24, 2.45) is 0 Å². The second-order valence-electron chi connectivity index (χ2n) is 5.41. The number of esters is 1. The van der Waals surface area contributed by atoms with Crippen molar-refractivity contribution in [3.8, 4) is 0 Å². The maximum Gasteiger partial charge on any atom is 0.331 e. The molecule has 0 aromatic rings. The molecule has 0 heterocycles. The standard InChI is InChI=1S/C18H37NO9/c1-19-3-4-22-5-6-23-7-8-24-9-10-25-11-12-26-13-14-27-15-16-28-17-18(20)21-2/h19H,3-17H2,1-2H3. The van der Waals surface area contributed by atoms with Crippen molar-refractivity contribution in [3.05, 3.63) is 0 Å². The van der Waals surface area contributed by atoms with Crippen LogP contribution in [-0.4, -0.2) is 119 Å². The largest absolute Gasteiger partial charge is 0.467 e. The van der Waals surface area contributed by atoms with Gasteiger partial charge in [0.25, 0.3) is 0 Å². The van der Waals surface area contributed by atoms with Crippen LogP contribution >= 0.6 is 0 Å². The number of ether oxygens (including phenoxy) is 8. The SMILES string of the molecule is CNCCOCCOCCOCCOCCOCCOCCOCC(=O)OC. The molecule has 0 unspecified atom stereocenters. The van der Waals surface area contributed by atoms with Gasteiger partial charge in [0.05, 0.1) is 93.0 Å². The van der Waals surface area contributed by atoms with Crippen LogP contribution in [0.4, 0.5) is 0 Å². The summed E-state index contributed by atoms with van der Waals surface area (Å²) in [6.07, 6.45) is 0. The maximum atomic E-state index is 10.8. The van der Waals surface area contributed by atoms with Gasteiger partial charge in [-0.25, -0.2) is 4.79 Å². The molecule has 10 heteroatoms. The summed E-state index contributed by atoms with van der Waals surface area (Å²) in [7, 11) is 3.21. The van der Waals surface area contributed by atoms with E-state index in [1.54, 1.807) is 0 Å². The summed E-state index contributed by atoms with van der Waals surface area (Å²) >= 11 is 0. The van der Waals surface area contributed by atoms with Gasteiger partial charge in [-0.1, -0.05) is 0 Å². The monoisotopic (exact) mass is 411 g/mol. The molecule has 0 fully saturated rings. The molecule has 0 amide bonds. The zero-order valence-corrected chi connectivity index (χ0v) is 17.3. The molecule has 1 N–H and O–H groups in total. The first kappa shape index (κ1) is 27.1. The Morgan fingerprint density at radius 2 is 0.893 bits per heavy atom. The van der Waals surface area contributed by atoms with Gasteiger partial charge in [-0.3, -0.25) is 0 Å². The molecule has 0 bridgehead atoms. The highest BCUT2D eigenvalue weighted by Crippen LogP contribution is 1.85. The number of hydrogen-bond donors (Lipinski definition) is 1. The van der Waals surface area contributed by atoms with E-state index in [2.05, 4.69) is 10.1 Å². The van der Waals surface area contributed by atoms with Gasteiger partial charge in [-0.15, -0.1) is 0 Å². The summed E-state index contributed by atoms with van der Waals surface area (Å²) in [5.41, 5.74) is 0. The minimum atomic E-state index is -0.400. The molecule has 28 heavy (non-hydrogen) atoms. The summed E-state index contributed by atoms with van der Waals surface area (Å²) in [6, 6.07) is 0. The average molecular weight is 411 g/mol. The van der Waals surface area contributed by atoms with Crippen molar-refractivity contribution in [1.82, 2.24) is 5.32 Å². The highest BCUT2D eigenvalue weighted by Gasteiger charge is 1.99. The van der Waals surface area contributed by atoms with E-state index in [9.17, 15) is 4.79 Å². The number of carbonyl (C=O) groups is 1. The fraction of sp³-hybridized carbons (Fsp3) is 0.944. The summed E-state index contributed by atoms with van der Waals surface area (Å²) in [5, 5.41) is 3.01. The first-order valence-corrected chi connectivity index (χ1v) is 9.57. The highest BCUT2D eigenvalue weighted by atomic mass is 16.6. The second kappa shape index (κ2) is 24.2. The predicted octanol–water partition coefficient (Wildman–Crippen LogP) is -0.505. The van der Waals surface area contributed by atoms with Crippen LogP contribution < -0.4 is 5.32 Å². The first-order valence-electron chi connectivity index (χ1n) is 9.57. The van der Waals surface area contributed by atoms with Crippen LogP contribution in [0.5, 0.6) is 0 Å². The molecule has 0 saturated carbocycles. The minimum Gasteiger partial charge on any atom is -0.467 e. The molecule has 0 rings (SSSR count). The molecule has 0 atom stereocenters. The van der Waals surface area contributed by atoms with Gasteiger partial charge in [0.2, 0.25) is 0 Å². The number of methoxy groups -OCH3 is 1. The number of rotatable bonds is 23. The third-order valence-corrected chi connectivity index (χ3v) is 3.18. The van der Waals surface area contributed by atoms with Crippen molar-refractivity contribution in [2.75, 3.05) is 113 Å². The molecule has 0 radical (unpaired) electrons. The molecular formula is C18H37NO9. The van der Waals surface area contributed by atoms with E-state index in [1.165, 1.54) is 7.11 Å². The Bertz CT molecular complexity index is 321. The van der Waals surface area contributed by atoms with Crippen LogP contribution in [0.15, 0.2) is 0 Å². The molecule has 0 aliphatic rings. The van der Waals surface area contributed by atoms with Crippen LogP contribution in [0.1, 0.15) is 0 Å². The Kier molecular flexibility index (Phi) is 23.5. The Labute approximate surface area is 168 Å². The summed E-state index contributed by atoms with van der Waals surface area (Å²) in [5.74, 6) is -0.400. The smallest absolute Gasteiger partial charge is 0.331 e. The predicted molar refractivity (Wildman–Crippen MR) is 102 cm³/mol. The van der Waals surface area contributed by atoms with Crippen molar-refractivity contribution in [1.29, 1.82) is 0 Å². The summed E-state index contributed by atoms with van der Waals surface area (Å²) in [4.78, 5) is 10.8. The lowest BCUT2D eigenvalue weighted by molar-refractivity contribution is -0.146. The van der Waals surface area contributed by atoms with Gasteiger partial charge in [-0.05, 0) is 7.05 Å². The lowest BCUT2D eigenvalue weighted by Crippen LogP contribution is -2.17. The molecule has 0 spiro atoms. The van der Waals surface area contributed by atoms with Gasteiger partial charge in [0, 0.05) is 6.54 Å². The van der Waals surface area contributed by atoms with Crippen LogP contribution in [0, 0.1) is 0 Å². The quantitative estimate of drug-likeness (QED) is 0.175. The number of likely N-dealkylation sites (N-methyl/N-ethyl adjacent to an activating group) is 1. The maximum absolute atomic E-state index is 10.8. The zero-order valence-electron chi connectivity index (χ0n) is 17.3. The summed E-state index contributed by atoms with van der Waals surface area (Å²) in [6.45, 7) is 7.47. The molecule has 168 valence electrons. The molecule has 0 aromatic carbocycles. The Balaban J connectivity index is 3.00. The molecule has 0 saturated heterocycles. The number of nitrogens with one attached hydrogen (secondary N) is 1. The Morgan fingerprint density at radius 1 is 0.571 bits per heavy atom. The third-order valence-electron chi connectivity index (χ3n) is 3.18. The molecule has 0 aromatic heterocycles. The summed E-state index contributed by atoms with van der Waals surface area (Å²) < 4.78 is 41.6. The van der Waals surface area contributed by atoms with E-state index >= 15 is 0 Å².